The van der Waals surface area contributed by atoms with E-state index in [2.05, 4.69) is 27.7 Å². The zero-order valence-electron chi connectivity index (χ0n) is 12.0. The highest BCUT2D eigenvalue weighted by Crippen LogP contribution is 2.53. The fourth-order valence-electron chi connectivity index (χ4n) is 4.06. The van der Waals surface area contributed by atoms with Crippen LogP contribution in [0.25, 0.3) is 0 Å². The number of Topliss-reactive ketones (excluding diaryl/α,β-unsaturated/α-hetero) is 1. The minimum absolute atomic E-state index is 0.408. The molecule has 0 aliphatic heterocycles. The number of hydrogen-bond acceptors (Lipinski definition) is 1. The quantitative estimate of drug-likeness (QED) is 0.693. The van der Waals surface area contributed by atoms with Crippen molar-refractivity contribution in [3.63, 3.8) is 0 Å². The van der Waals surface area contributed by atoms with Crippen LogP contribution in [-0.4, -0.2) is 5.78 Å². The second-order valence-corrected chi connectivity index (χ2v) is 7.04. The first-order valence-electron chi connectivity index (χ1n) is 7.06. The average molecular weight is 234 g/mol. The third-order valence-electron chi connectivity index (χ3n) is 5.13. The number of allylic oxidation sites excluding steroid dienone is 2. The summed E-state index contributed by atoms with van der Waals surface area (Å²) in [6, 6.07) is 0. The van der Waals surface area contributed by atoms with Crippen molar-refractivity contribution in [1.29, 1.82) is 0 Å². The van der Waals surface area contributed by atoms with Crippen molar-refractivity contribution in [2.24, 2.45) is 23.2 Å². The fourth-order valence-corrected chi connectivity index (χ4v) is 4.06. The Morgan fingerprint density at radius 3 is 2.59 bits per heavy atom. The van der Waals surface area contributed by atoms with Crippen LogP contribution >= 0.6 is 0 Å². The summed E-state index contributed by atoms with van der Waals surface area (Å²) in [5.74, 6) is 2.46. The Labute approximate surface area is 106 Å². The molecule has 1 nitrogen and oxygen atoms in total. The monoisotopic (exact) mass is 234 g/mol. The van der Waals surface area contributed by atoms with Gasteiger partial charge in [-0.15, -0.1) is 0 Å². The molecule has 2 rings (SSSR count). The second-order valence-electron chi connectivity index (χ2n) is 7.04. The Morgan fingerprint density at radius 2 is 2.00 bits per heavy atom. The molecular formula is C16H26O. The molecule has 1 heteroatoms. The van der Waals surface area contributed by atoms with E-state index in [4.69, 9.17) is 0 Å². The van der Waals surface area contributed by atoms with Gasteiger partial charge in [0.05, 0.1) is 0 Å². The molecule has 17 heavy (non-hydrogen) atoms. The summed E-state index contributed by atoms with van der Waals surface area (Å²) in [6.07, 6.45) is 4.48. The number of fused-ring (bicyclic) bond motifs is 1. The van der Waals surface area contributed by atoms with Crippen LogP contribution in [0.4, 0.5) is 0 Å². The van der Waals surface area contributed by atoms with E-state index in [1.54, 1.807) is 0 Å². The van der Waals surface area contributed by atoms with E-state index in [9.17, 15) is 4.79 Å². The molecule has 2 aliphatic rings. The molecule has 1 fully saturated rings. The van der Waals surface area contributed by atoms with E-state index in [1.165, 1.54) is 18.4 Å². The van der Waals surface area contributed by atoms with Crippen molar-refractivity contribution in [2.45, 2.75) is 60.3 Å². The van der Waals surface area contributed by atoms with Gasteiger partial charge in [0.1, 0.15) is 0 Å². The van der Waals surface area contributed by atoms with Crippen LogP contribution in [0.1, 0.15) is 60.3 Å². The van der Waals surface area contributed by atoms with Crippen molar-refractivity contribution in [3.8, 4) is 0 Å². The van der Waals surface area contributed by atoms with Crippen LogP contribution in [-0.2, 0) is 4.79 Å². The van der Waals surface area contributed by atoms with Gasteiger partial charge in [0.25, 0.3) is 0 Å². The largest absolute Gasteiger partial charge is 0.295 e. The van der Waals surface area contributed by atoms with E-state index < -0.39 is 0 Å². The number of carbonyl (C=O) groups excluding carboxylic acids is 1. The molecule has 3 atom stereocenters. The molecule has 0 spiro atoms. The first-order chi connectivity index (χ1) is 7.83. The van der Waals surface area contributed by atoms with Crippen molar-refractivity contribution in [2.75, 3.05) is 0 Å². The highest BCUT2D eigenvalue weighted by atomic mass is 16.1. The molecular weight excluding hydrogens is 208 g/mol. The fraction of sp³-hybridized carbons (Fsp3) is 0.812. The number of carbonyl (C=O) groups is 1. The van der Waals surface area contributed by atoms with Crippen LogP contribution in [0.15, 0.2) is 11.1 Å². The highest BCUT2D eigenvalue weighted by molar-refractivity contribution is 5.98. The minimum Gasteiger partial charge on any atom is -0.295 e. The Morgan fingerprint density at radius 1 is 1.35 bits per heavy atom. The predicted octanol–water partition coefficient (Wildman–Crippen LogP) is 4.37. The molecule has 0 N–H and O–H groups in total. The zero-order chi connectivity index (χ0) is 12.8. The molecule has 3 unspecified atom stereocenters. The SMILES string of the molecule is CC1=C2CC(C)C(C)(CC(C)C)CC2CC1=O. The van der Waals surface area contributed by atoms with E-state index in [-0.39, 0.29) is 0 Å². The average Bonchev–Trinajstić information content (AvgIpc) is 2.44. The second kappa shape index (κ2) is 4.26. The van der Waals surface area contributed by atoms with Crippen LogP contribution < -0.4 is 0 Å². The molecule has 0 aromatic carbocycles. The van der Waals surface area contributed by atoms with Gasteiger partial charge in [-0.1, -0.05) is 33.3 Å². The standard InChI is InChI=1S/C16H26O/c1-10(2)8-16(5)9-13-7-15(17)12(4)14(13)6-11(16)3/h10-11,13H,6-9H2,1-5H3. The predicted molar refractivity (Wildman–Crippen MR) is 71.8 cm³/mol. The van der Waals surface area contributed by atoms with Crippen molar-refractivity contribution >= 4 is 5.78 Å². The van der Waals surface area contributed by atoms with Gasteiger partial charge in [-0.25, -0.2) is 0 Å². The van der Waals surface area contributed by atoms with Crippen molar-refractivity contribution in [1.82, 2.24) is 0 Å². The summed E-state index contributed by atoms with van der Waals surface area (Å²) in [5.41, 5.74) is 3.02. The summed E-state index contributed by atoms with van der Waals surface area (Å²) in [5, 5.41) is 0. The van der Waals surface area contributed by atoms with Gasteiger partial charge in [-0.05, 0) is 54.9 Å². The highest BCUT2D eigenvalue weighted by Gasteiger charge is 2.44. The Balaban J connectivity index is 2.21. The molecule has 0 saturated heterocycles. The van der Waals surface area contributed by atoms with Crippen LogP contribution in [0.2, 0.25) is 0 Å². The maximum Gasteiger partial charge on any atom is 0.159 e. The zero-order valence-corrected chi connectivity index (χ0v) is 12.0. The molecule has 1 saturated carbocycles. The van der Waals surface area contributed by atoms with Crippen LogP contribution in [0.3, 0.4) is 0 Å². The molecule has 0 radical (unpaired) electrons. The Kier molecular flexibility index (Phi) is 3.22. The lowest BCUT2D eigenvalue weighted by molar-refractivity contribution is -0.115. The van der Waals surface area contributed by atoms with Crippen LogP contribution in [0.5, 0.6) is 0 Å². The summed E-state index contributed by atoms with van der Waals surface area (Å²) in [4.78, 5) is 11.8. The summed E-state index contributed by atoms with van der Waals surface area (Å²) >= 11 is 0. The van der Waals surface area contributed by atoms with Crippen molar-refractivity contribution in [3.05, 3.63) is 11.1 Å². The smallest absolute Gasteiger partial charge is 0.159 e. The molecule has 0 heterocycles. The normalized spacial score (nSPS) is 37.9. The maximum absolute atomic E-state index is 11.8. The summed E-state index contributed by atoms with van der Waals surface area (Å²) < 4.78 is 0. The lowest BCUT2D eigenvalue weighted by Gasteiger charge is -2.44. The van der Waals surface area contributed by atoms with Gasteiger partial charge in [-0.2, -0.15) is 0 Å². The van der Waals surface area contributed by atoms with Gasteiger partial charge in [0.2, 0.25) is 0 Å². The Hall–Kier alpha value is -0.590. The van der Waals surface area contributed by atoms with Gasteiger partial charge >= 0.3 is 0 Å². The van der Waals surface area contributed by atoms with Gasteiger partial charge < -0.3 is 0 Å². The summed E-state index contributed by atoms with van der Waals surface area (Å²) in [7, 11) is 0. The van der Waals surface area contributed by atoms with E-state index in [0.717, 1.165) is 30.3 Å². The van der Waals surface area contributed by atoms with E-state index in [1.807, 2.05) is 6.92 Å². The number of hydrogen-bond donors (Lipinski definition) is 0. The van der Waals surface area contributed by atoms with E-state index >= 15 is 0 Å². The van der Waals surface area contributed by atoms with Gasteiger partial charge in [-0.3, -0.25) is 4.79 Å². The first-order valence-corrected chi connectivity index (χ1v) is 7.06. The third-order valence-corrected chi connectivity index (χ3v) is 5.13. The molecule has 96 valence electrons. The molecule has 2 aliphatic carbocycles. The molecule has 0 amide bonds. The number of ketones is 1. The van der Waals surface area contributed by atoms with Crippen LogP contribution in [0, 0.1) is 23.2 Å². The van der Waals surface area contributed by atoms with Crippen molar-refractivity contribution < 1.29 is 4.79 Å². The third kappa shape index (κ3) is 2.21. The van der Waals surface area contributed by atoms with Gasteiger partial charge in [0, 0.05) is 6.42 Å². The number of rotatable bonds is 2. The maximum atomic E-state index is 11.8. The lowest BCUT2D eigenvalue weighted by Crippen LogP contribution is -2.35. The lowest BCUT2D eigenvalue weighted by atomic mass is 9.60. The summed E-state index contributed by atoms with van der Waals surface area (Å²) in [6.45, 7) is 11.5. The topological polar surface area (TPSA) is 17.1 Å². The molecule has 0 aromatic rings. The molecule has 0 aromatic heterocycles. The van der Waals surface area contributed by atoms with E-state index in [0.29, 0.717) is 17.1 Å². The molecule has 0 bridgehead atoms. The minimum atomic E-state index is 0.408. The Bertz CT molecular complexity index is 364. The van der Waals surface area contributed by atoms with Gasteiger partial charge in [0.15, 0.2) is 5.78 Å². The first kappa shape index (κ1) is 12.9.